The van der Waals surface area contributed by atoms with E-state index in [0.29, 0.717) is 12.8 Å². The Morgan fingerprint density at radius 1 is 0.287 bits per heavy atom. The first-order valence-corrected chi connectivity index (χ1v) is 36.2. The number of esters is 2. The van der Waals surface area contributed by atoms with Crippen molar-refractivity contribution in [2.75, 3.05) is 13.2 Å². The summed E-state index contributed by atoms with van der Waals surface area (Å²) in [6.45, 7) is 4.18. The van der Waals surface area contributed by atoms with Gasteiger partial charge in [0.2, 0.25) is 0 Å². The van der Waals surface area contributed by atoms with Gasteiger partial charge >= 0.3 is 11.9 Å². The molecule has 1 atom stereocenters. The third kappa shape index (κ3) is 68.4. The second-order valence-corrected chi connectivity index (χ2v) is 24.7. The van der Waals surface area contributed by atoms with Crippen LogP contribution < -0.4 is 0 Å². The highest BCUT2D eigenvalue weighted by Gasteiger charge is 2.16. The van der Waals surface area contributed by atoms with E-state index >= 15 is 0 Å². The fourth-order valence-corrected chi connectivity index (χ4v) is 11.2. The van der Waals surface area contributed by atoms with Gasteiger partial charge in [-0.2, -0.15) is 0 Å². The molecule has 0 rings (SSSR count). The van der Waals surface area contributed by atoms with E-state index in [-0.39, 0.29) is 25.2 Å². The number of rotatable bonds is 68. The Labute approximate surface area is 500 Å². The minimum Gasteiger partial charge on any atom is -0.462 e. The van der Waals surface area contributed by atoms with Crippen molar-refractivity contribution in [2.24, 2.45) is 0 Å². The fourth-order valence-electron chi connectivity index (χ4n) is 11.2. The van der Waals surface area contributed by atoms with Gasteiger partial charge in [0, 0.05) is 12.8 Å². The van der Waals surface area contributed by atoms with Crippen LogP contribution in [0.3, 0.4) is 0 Å². The van der Waals surface area contributed by atoms with Crippen LogP contribution in [0.15, 0.2) is 48.6 Å². The van der Waals surface area contributed by atoms with Gasteiger partial charge in [0.15, 0.2) is 6.10 Å². The van der Waals surface area contributed by atoms with Crippen molar-refractivity contribution < 1.29 is 24.2 Å². The summed E-state index contributed by atoms with van der Waals surface area (Å²) in [6.07, 6.45) is 95.9. The lowest BCUT2D eigenvalue weighted by Gasteiger charge is -2.15. The topological polar surface area (TPSA) is 72.8 Å². The molecular formula is C75H140O5. The zero-order valence-electron chi connectivity index (χ0n) is 54.1. The standard InChI is InChI=1S/C75H140O5/c1-3-5-7-9-11-13-15-17-19-21-23-25-27-29-31-32-33-34-35-36-37-38-39-40-41-42-44-45-47-49-51-53-55-57-59-61-63-65-67-69-74(77)79-72-73(71-76)80-75(78)70-68-66-64-62-60-58-56-54-52-50-48-46-43-30-28-26-24-22-20-18-16-14-12-10-8-6-4-2/h16,18,21-24,28,30,73,76H,3-15,17,19-20,25-27,29,31-72H2,1-2H3/b18-16-,23-21-,24-22-,30-28-. The van der Waals surface area contributed by atoms with E-state index in [1.54, 1.807) is 0 Å². The molecule has 80 heavy (non-hydrogen) atoms. The summed E-state index contributed by atoms with van der Waals surface area (Å²) in [6, 6.07) is 0. The van der Waals surface area contributed by atoms with E-state index in [4.69, 9.17) is 9.47 Å². The Morgan fingerprint density at radius 2 is 0.500 bits per heavy atom. The first-order chi connectivity index (χ1) is 39.6. The third-order valence-electron chi connectivity index (χ3n) is 16.6. The van der Waals surface area contributed by atoms with Gasteiger partial charge in [-0.3, -0.25) is 9.59 Å². The lowest BCUT2D eigenvalue weighted by atomic mass is 10.0. The van der Waals surface area contributed by atoms with Crippen LogP contribution in [0.1, 0.15) is 399 Å². The molecule has 1 N–H and O–H groups in total. The third-order valence-corrected chi connectivity index (χ3v) is 16.6. The predicted molar refractivity (Wildman–Crippen MR) is 353 cm³/mol. The van der Waals surface area contributed by atoms with E-state index in [1.807, 2.05) is 0 Å². The van der Waals surface area contributed by atoms with Crippen LogP contribution in [0.25, 0.3) is 0 Å². The molecule has 0 fully saturated rings. The summed E-state index contributed by atoms with van der Waals surface area (Å²) in [5, 5.41) is 9.70. The molecule has 0 spiro atoms. The molecule has 0 aromatic carbocycles. The van der Waals surface area contributed by atoms with Crippen LogP contribution >= 0.6 is 0 Å². The largest absolute Gasteiger partial charge is 0.462 e. The molecule has 5 heteroatoms. The molecule has 0 aliphatic carbocycles. The van der Waals surface area contributed by atoms with E-state index in [2.05, 4.69) is 62.5 Å². The highest BCUT2D eigenvalue weighted by atomic mass is 16.6. The molecule has 0 saturated heterocycles. The van der Waals surface area contributed by atoms with Crippen molar-refractivity contribution in [3.63, 3.8) is 0 Å². The van der Waals surface area contributed by atoms with Crippen LogP contribution in [-0.2, 0) is 19.1 Å². The maximum Gasteiger partial charge on any atom is 0.306 e. The Kier molecular flexibility index (Phi) is 69.2. The van der Waals surface area contributed by atoms with Crippen molar-refractivity contribution >= 4 is 11.9 Å². The van der Waals surface area contributed by atoms with E-state index in [9.17, 15) is 14.7 Å². The molecule has 0 saturated carbocycles. The van der Waals surface area contributed by atoms with Gasteiger partial charge in [-0.1, -0.05) is 358 Å². The van der Waals surface area contributed by atoms with Crippen LogP contribution in [0.4, 0.5) is 0 Å². The molecule has 0 amide bonds. The minimum atomic E-state index is -0.773. The van der Waals surface area contributed by atoms with Gasteiger partial charge in [0.25, 0.3) is 0 Å². The molecule has 0 aromatic heterocycles. The maximum atomic E-state index is 12.4. The van der Waals surface area contributed by atoms with E-state index < -0.39 is 6.10 Å². The number of allylic oxidation sites excluding steroid dienone is 8. The fraction of sp³-hybridized carbons (Fsp3) is 0.867. The van der Waals surface area contributed by atoms with Crippen LogP contribution in [0.2, 0.25) is 0 Å². The second-order valence-electron chi connectivity index (χ2n) is 24.7. The predicted octanol–water partition coefficient (Wildman–Crippen LogP) is 25.1. The lowest BCUT2D eigenvalue weighted by Crippen LogP contribution is -2.28. The van der Waals surface area contributed by atoms with Crippen LogP contribution in [0.5, 0.6) is 0 Å². The number of hydrogen-bond donors (Lipinski definition) is 1. The number of carbonyl (C=O) groups excluding carboxylic acids is 2. The van der Waals surface area contributed by atoms with Crippen LogP contribution in [0, 0.1) is 0 Å². The average Bonchev–Trinajstić information content (AvgIpc) is 3.46. The number of carbonyl (C=O) groups is 2. The van der Waals surface area contributed by atoms with Crippen molar-refractivity contribution in [2.45, 2.75) is 405 Å². The van der Waals surface area contributed by atoms with Gasteiger partial charge in [-0.15, -0.1) is 0 Å². The van der Waals surface area contributed by atoms with E-state index in [0.717, 1.165) is 44.9 Å². The Balaban J connectivity index is 3.38. The average molecular weight is 1120 g/mol. The van der Waals surface area contributed by atoms with Crippen molar-refractivity contribution in [3.8, 4) is 0 Å². The molecule has 470 valence electrons. The smallest absolute Gasteiger partial charge is 0.306 e. The first-order valence-electron chi connectivity index (χ1n) is 36.2. The highest BCUT2D eigenvalue weighted by Crippen LogP contribution is 2.19. The minimum absolute atomic E-state index is 0.0623. The van der Waals surface area contributed by atoms with Crippen molar-refractivity contribution in [1.29, 1.82) is 0 Å². The molecule has 0 aliphatic heterocycles. The molecule has 1 unspecified atom stereocenters. The van der Waals surface area contributed by atoms with Crippen molar-refractivity contribution in [1.82, 2.24) is 0 Å². The Morgan fingerprint density at radius 3 is 0.762 bits per heavy atom. The Bertz CT molecular complexity index is 1320. The monoisotopic (exact) mass is 1120 g/mol. The summed E-state index contributed by atoms with van der Waals surface area (Å²) >= 11 is 0. The number of ether oxygens (including phenoxy) is 2. The molecule has 0 radical (unpaired) electrons. The van der Waals surface area contributed by atoms with Gasteiger partial charge in [0.05, 0.1) is 6.61 Å². The molecule has 5 nitrogen and oxygen atoms in total. The SMILES string of the molecule is CCCCCCC/C=C\C/C=C\C/C=C\CCCCCCCCCCCCCCC(=O)OC(CO)COC(=O)CCCCCCCCCCCCCCCCCCCCCCCCCCCCC/C=C\CCCCCCCCCC. The molecule has 0 bridgehead atoms. The summed E-state index contributed by atoms with van der Waals surface area (Å²) in [4.78, 5) is 24.7. The van der Waals surface area contributed by atoms with Crippen LogP contribution in [-0.4, -0.2) is 36.4 Å². The number of hydrogen-bond acceptors (Lipinski definition) is 5. The quantitative estimate of drug-likeness (QED) is 0.0373. The number of unbranched alkanes of at least 4 members (excludes halogenated alkanes) is 52. The normalized spacial score (nSPS) is 12.4. The zero-order chi connectivity index (χ0) is 57.6. The van der Waals surface area contributed by atoms with Gasteiger partial charge in [-0.25, -0.2) is 0 Å². The maximum absolute atomic E-state index is 12.4. The Hall–Kier alpha value is -2.14. The summed E-state index contributed by atoms with van der Waals surface area (Å²) in [5.41, 5.74) is 0. The van der Waals surface area contributed by atoms with E-state index in [1.165, 1.54) is 327 Å². The van der Waals surface area contributed by atoms with Gasteiger partial charge in [-0.05, 0) is 77.0 Å². The molecule has 0 heterocycles. The van der Waals surface area contributed by atoms with Gasteiger partial charge in [0.1, 0.15) is 6.61 Å². The van der Waals surface area contributed by atoms with Crippen molar-refractivity contribution in [3.05, 3.63) is 48.6 Å². The number of aliphatic hydroxyl groups is 1. The number of aliphatic hydroxyl groups excluding tert-OH is 1. The molecular weight excluding hydrogens is 981 g/mol. The second kappa shape index (κ2) is 71.1. The lowest BCUT2D eigenvalue weighted by molar-refractivity contribution is -0.161. The van der Waals surface area contributed by atoms with Gasteiger partial charge < -0.3 is 14.6 Å². The highest BCUT2D eigenvalue weighted by molar-refractivity contribution is 5.70. The summed E-state index contributed by atoms with van der Waals surface area (Å²) in [7, 11) is 0. The zero-order valence-corrected chi connectivity index (χ0v) is 54.1. The summed E-state index contributed by atoms with van der Waals surface area (Å²) < 4.78 is 10.8. The first kappa shape index (κ1) is 77.9. The molecule has 0 aromatic rings. The summed E-state index contributed by atoms with van der Waals surface area (Å²) in [5.74, 6) is -0.572. The molecule has 0 aliphatic rings.